The molecular formula is C10H6ClF3N2O. The second-order valence-corrected chi connectivity index (χ2v) is 3.73. The second-order valence-electron chi connectivity index (χ2n) is 3.29. The summed E-state index contributed by atoms with van der Waals surface area (Å²) in [4.78, 5) is 13.6. The average Bonchev–Trinajstić information content (AvgIpc) is 2.63. The van der Waals surface area contributed by atoms with Crippen molar-refractivity contribution in [2.45, 2.75) is 6.18 Å². The van der Waals surface area contributed by atoms with Gasteiger partial charge in [-0.05, 0) is 18.2 Å². The first-order valence-corrected chi connectivity index (χ1v) is 4.90. The van der Waals surface area contributed by atoms with Crippen LogP contribution in [0.3, 0.4) is 0 Å². The molecule has 1 N–H and O–H groups in total. The maximum atomic E-state index is 12.8. The second kappa shape index (κ2) is 3.96. The highest BCUT2D eigenvalue weighted by molar-refractivity contribution is 6.30. The molecule has 0 atom stereocenters. The Bertz CT molecular complexity index is 600. The first-order chi connectivity index (χ1) is 7.89. The topological polar surface area (TPSA) is 37.8 Å². The van der Waals surface area contributed by atoms with Crippen LogP contribution in [0, 0.1) is 0 Å². The molecule has 0 bridgehead atoms. The molecule has 0 radical (unpaired) electrons. The van der Waals surface area contributed by atoms with Crippen molar-refractivity contribution in [3.05, 3.63) is 51.7 Å². The first kappa shape index (κ1) is 11.8. The Morgan fingerprint density at radius 1 is 1.29 bits per heavy atom. The van der Waals surface area contributed by atoms with Gasteiger partial charge < -0.3 is 4.98 Å². The van der Waals surface area contributed by atoms with Crippen LogP contribution in [0.2, 0.25) is 5.02 Å². The number of aromatic nitrogens is 2. The van der Waals surface area contributed by atoms with E-state index < -0.39 is 17.4 Å². The quantitative estimate of drug-likeness (QED) is 0.843. The molecule has 0 amide bonds. The lowest BCUT2D eigenvalue weighted by atomic mass is 10.1. The lowest BCUT2D eigenvalue weighted by molar-refractivity contribution is -0.137. The zero-order valence-corrected chi connectivity index (χ0v) is 9.01. The molecule has 0 saturated heterocycles. The third-order valence-corrected chi connectivity index (χ3v) is 2.41. The summed E-state index contributed by atoms with van der Waals surface area (Å²) in [6, 6.07) is 3.24. The first-order valence-electron chi connectivity index (χ1n) is 4.53. The number of hydrogen-bond acceptors (Lipinski definition) is 1. The molecule has 0 unspecified atom stereocenters. The Hall–Kier alpha value is -1.69. The van der Waals surface area contributed by atoms with Crippen LogP contribution < -0.4 is 5.69 Å². The molecule has 3 nitrogen and oxygen atoms in total. The number of nitrogens with one attached hydrogen (secondary N) is 1. The standard InChI is InChI=1S/C10H6ClF3N2O/c11-6-1-2-8(7(5-6)10(12,13)14)16-4-3-15-9(16)17/h1-5H,(H,15,17). The molecule has 90 valence electrons. The Kier molecular flexibility index (Phi) is 2.74. The van der Waals surface area contributed by atoms with E-state index in [9.17, 15) is 18.0 Å². The summed E-state index contributed by atoms with van der Waals surface area (Å²) in [5.74, 6) is 0. The molecule has 2 aromatic rings. The van der Waals surface area contributed by atoms with Gasteiger partial charge in [0, 0.05) is 17.4 Å². The molecule has 0 spiro atoms. The van der Waals surface area contributed by atoms with Crippen molar-refractivity contribution in [3.8, 4) is 5.69 Å². The third-order valence-electron chi connectivity index (χ3n) is 2.17. The van der Waals surface area contributed by atoms with Crippen molar-refractivity contribution >= 4 is 11.6 Å². The lowest BCUT2D eigenvalue weighted by Crippen LogP contribution is -2.18. The van der Waals surface area contributed by atoms with E-state index in [0.717, 1.165) is 16.7 Å². The highest BCUT2D eigenvalue weighted by atomic mass is 35.5. The van der Waals surface area contributed by atoms with Crippen molar-refractivity contribution in [2.24, 2.45) is 0 Å². The molecular weight excluding hydrogens is 257 g/mol. The van der Waals surface area contributed by atoms with Gasteiger partial charge in [0.15, 0.2) is 0 Å². The van der Waals surface area contributed by atoms with Crippen molar-refractivity contribution in [1.29, 1.82) is 0 Å². The molecule has 0 aliphatic heterocycles. The fourth-order valence-electron chi connectivity index (χ4n) is 1.46. The zero-order chi connectivity index (χ0) is 12.6. The minimum atomic E-state index is -4.57. The Morgan fingerprint density at radius 2 is 2.00 bits per heavy atom. The SMILES string of the molecule is O=c1[nH]ccn1-c1ccc(Cl)cc1C(F)(F)F. The molecule has 1 aromatic carbocycles. The van der Waals surface area contributed by atoms with Gasteiger partial charge in [0.2, 0.25) is 0 Å². The summed E-state index contributed by atoms with van der Waals surface area (Å²) in [6.07, 6.45) is -2.09. The van der Waals surface area contributed by atoms with E-state index in [1.165, 1.54) is 18.5 Å². The van der Waals surface area contributed by atoms with Crippen LogP contribution in [0.1, 0.15) is 5.56 Å². The number of nitrogens with zero attached hydrogens (tertiary/aromatic N) is 1. The number of H-pyrrole nitrogens is 1. The molecule has 0 saturated carbocycles. The lowest BCUT2D eigenvalue weighted by Gasteiger charge is -2.12. The molecule has 7 heteroatoms. The summed E-state index contributed by atoms with van der Waals surface area (Å²) < 4.78 is 39.2. The van der Waals surface area contributed by atoms with E-state index in [-0.39, 0.29) is 10.7 Å². The van der Waals surface area contributed by atoms with Gasteiger partial charge in [0.25, 0.3) is 0 Å². The van der Waals surface area contributed by atoms with Gasteiger partial charge in [-0.2, -0.15) is 13.2 Å². The smallest absolute Gasteiger partial charge is 0.312 e. The van der Waals surface area contributed by atoms with Crippen molar-refractivity contribution < 1.29 is 13.2 Å². The van der Waals surface area contributed by atoms with Crippen LogP contribution in [0.15, 0.2) is 35.4 Å². The number of halogens is 4. The van der Waals surface area contributed by atoms with Gasteiger partial charge >= 0.3 is 11.9 Å². The van der Waals surface area contributed by atoms with Gasteiger partial charge in [0.1, 0.15) is 0 Å². The van der Waals surface area contributed by atoms with Crippen molar-refractivity contribution in [1.82, 2.24) is 9.55 Å². The largest absolute Gasteiger partial charge is 0.418 e. The predicted molar refractivity (Wildman–Crippen MR) is 56.4 cm³/mol. The Labute approximate surface area is 98.5 Å². The van der Waals surface area contributed by atoms with Gasteiger partial charge in [-0.15, -0.1) is 0 Å². The van der Waals surface area contributed by atoms with Crippen LogP contribution >= 0.6 is 11.6 Å². The summed E-state index contributed by atoms with van der Waals surface area (Å²) in [7, 11) is 0. The number of imidazole rings is 1. The maximum absolute atomic E-state index is 12.8. The fourth-order valence-corrected chi connectivity index (χ4v) is 1.63. The number of hydrogen-bond donors (Lipinski definition) is 1. The summed E-state index contributed by atoms with van der Waals surface area (Å²) in [5, 5.41) is -0.0374. The van der Waals surface area contributed by atoms with E-state index in [1.807, 2.05) is 0 Å². The van der Waals surface area contributed by atoms with Crippen LogP contribution in [0.25, 0.3) is 5.69 Å². The summed E-state index contributed by atoms with van der Waals surface area (Å²) in [6.45, 7) is 0. The van der Waals surface area contributed by atoms with Crippen LogP contribution in [-0.4, -0.2) is 9.55 Å². The van der Waals surface area contributed by atoms with E-state index >= 15 is 0 Å². The molecule has 0 fully saturated rings. The van der Waals surface area contributed by atoms with Gasteiger partial charge in [-0.3, -0.25) is 4.57 Å². The Morgan fingerprint density at radius 3 is 2.53 bits per heavy atom. The van der Waals surface area contributed by atoms with Gasteiger partial charge in [-0.1, -0.05) is 11.6 Å². The van der Waals surface area contributed by atoms with E-state index in [0.29, 0.717) is 0 Å². The Balaban J connectivity index is 2.71. The fraction of sp³-hybridized carbons (Fsp3) is 0.100. The van der Waals surface area contributed by atoms with E-state index in [1.54, 1.807) is 0 Å². The van der Waals surface area contributed by atoms with Crippen LogP contribution in [0.4, 0.5) is 13.2 Å². The molecule has 2 rings (SSSR count). The molecule has 17 heavy (non-hydrogen) atoms. The highest BCUT2D eigenvalue weighted by Gasteiger charge is 2.34. The monoisotopic (exact) mass is 262 g/mol. The number of benzene rings is 1. The normalized spacial score (nSPS) is 11.8. The van der Waals surface area contributed by atoms with Crippen LogP contribution in [-0.2, 0) is 6.18 Å². The van der Waals surface area contributed by atoms with Gasteiger partial charge in [-0.25, -0.2) is 4.79 Å². The van der Waals surface area contributed by atoms with Gasteiger partial charge in [0.05, 0.1) is 11.3 Å². The predicted octanol–water partition coefficient (Wildman–Crippen LogP) is 2.84. The number of rotatable bonds is 1. The molecule has 1 heterocycles. The zero-order valence-electron chi connectivity index (χ0n) is 8.25. The molecule has 1 aromatic heterocycles. The number of alkyl halides is 3. The highest BCUT2D eigenvalue weighted by Crippen LogP contribution is 2.35. The van der Waals surface area contributed by atoms with Crippen molar-refractivity contribution in [3.63, 3.8) is 0 Å². The summed E-state index contributed by atoms with van der Waals surface area (Å²) >= 11 is 5.53. The minimum Gasteiger partial charge on any atom is -0.312 e. The number of aromatic amines is 1. The van der Waals surface area contributed by atoms with Crippen molar-refractivity contribution in [2.75, 3.05) is 0 Å². The summed E-state index contributed by atoms with van der Waals surface area (Å²) in [5.41, 5.74) is -1.85. The maximum Gasteiger partial charge on any atom is 0.418 e. The van der Waals surface area contributed by atoms with Crippen LogP contribution in [0.5, 0.6) is 0 Å². The third kappa shape index (κ3) is 2.21. The molecule has 0 aliphatic rings. The minimum absolute atomic E-state index is 0.0374. The molecule has 0 aliphatic carbocycles. The van der Waals surface area contributed by atoms with E-state index in [4.69, 9.17) is 11.6 Å². The van der Waals surface area contributed by atoms with E-state index in [2.05, 4.69) is 4.98 Å². The average molecular weight is 263 g/mol.